The molecule has 0 bridgehead atoms. The van der Waals surface area contributed by atoms with Crippen LogP contribution in [0.5, 0.6) is 0 Å². The van der Waals surface area contributed by atoms with Crippen LogP contribution in [0.3, 0.4) is 0 Å². The molecule has 1 aliphatic carbocycles. The highest BCUT2D eigenvalue weighted by atomic mass is 35.5. The van der Waals surface area contributed by atoms with Gasteiger partial charge in [-0.15, -0.1) is 0 Å². The van der Waals surface area contributed by atoms with Crippen molar-refractivity contribution in [3.8, 4) is 16.9 Å². The van der Waals surface area contributed by atoms with Gasteiger partial charge in [-0.1, -0.05) is 50.6 Å². The first-order valence-corrected chi connectivity index (χ1v) is 16.5. The van der Waals surface area contributed by atoms with E-state index in [0.29, 0.717) is 11.3 Å². The number of ether oxygens (including phenoxy) is 1. The van der Waals surface area contributed by atoms with Crippen LogP contribution in [0.2, 0.25) is 5.02 Å². The zero-order valence-electron chi connectivity index (χ0n) is 28.3. The fourth-order valence-electron chi connectivity index (χ4n) is 6.38. The first-order valence-electron chi connectivity index (χ1n) is 16.1. The SMILES string of the molecule is CC(C)(C)C[C@]1(c2ccc(-c3cnccn3)cc2F)NC(=N)N([C@H](COC(=O)NC2(C(F)(F)F)CC2)c2ccc(Cl)c(-n3ncnc3C(F)F)c2)C1=O. The Morgan fingerprint density at radius 3 is 2.45 bits per heavy atom. The molecule has 2 fully saturated rings. The van der Waals surface area contributed by atoms with E-state index in [2.05, 4.69) is 25.4 Å². The molecule has 1 saturated heterocycles. The number of aromatic nitrogens is 5. The van der Waals surface area contributed by atoms with Crippen LogP contribution >= 0.6 is 11.6 Å². The molecule has 2 aliphatic rings. The number of alkyl carbamates (subject to hydrolysis) is 1. The van der Waals surface area contributed by atoms with Gasteiger partial charge >= 0.3 is 12.3 Å². The predicted molar refractivity (Wildman–Crippen MR) is 177 cm³/mol. The van der Waals surface area contributed by atoms with E-state index in [1.807, 2.05) is 5.32 Å². The molecule has 3 N–H and O–H groups in total. The maximum absolute atomic E-state index is 16.2. The molecule has 12 nitrogen and oxygen atoms in total. The Morgan fingerprint density at radius 1 is 1.11 bits per heavy atom. The quantitative estimate of drug-likeness (QED) is 0.146. The molecule has 19 heteroatoms. The van der Waals surface area contributed by atoms with Crippen LogP contribution in [-0.4, -0.2) is 65.9 Å². The fourth-order valence-corrected chi connectivity index (χ4v) is 6.57. The van der Waals surface area contributed by atoms with Crippen LogP contribution < -0.4 is 10.6 Å². The van der Waals surface area contributed by atoms with E-state index >= 15 is 4.39 Å². The molecule has 3 heterocycles. The van der Waals surface area contributed by atoms with Crippen molar-refractivity contribution in [2.45, 2.75) is 69.8 Å². The Morgan fingerprint density at radius 2 is 1.85 bits per heavy atom. The molecule has 2 aromatic heterocycles. The molecular formula is C34H32ClF6N9O3. The number of carbonyl (C=O) groups is 2. The molecule has 53 heavy (non-hydrogen) atoms. The lowest BCUT2D eigenvalue weighted by Crippen LogP contribution is -2.49. The van der Waals surface area contributed by atoms with E-state index in [1.54, 1.807) is 20.8 Å². The van der Waals surface area contributed by atoms with Crippen LogP contribution in [0.15, 0.2) is 61.3 Å². The Kier molecular flexibility index (Phi) is 9.63. The van der Waals surface area contributed by atoms with Gasteiger partial charge in [0.2, 0.25) is 0 Å². The number of benzene rings is 2. The first kappa shape index (κ1) is 37.5. The van der Waals surface area contributed by atoms with Gasteiger partial charge in [-0.2, -0.15) is 18.3 Å². The lowest BCUT2D eigenvalue weighted by atomic mass is 9.75. The Labute approximate surface area is 303 Å². The van der Waals surface area contributed by atoms with E-state index in [0.717, 1.165) is 15.9 Å². The first-order chi connectivity index (χ1) is 24.9. The van der Waals surface area contributed by atoms with Crippen molar-refractivity contribution in [3.63, 3.8) is 0 Å². The van der Waals surface area contributed by atoms with Gasteiger partial charge in [0, 0.05) is 23.5 Å². The summed E-state index contributed by atoms with van der Waals surface area (Å²) < 4.78 is 90.8. The standard InChI is InChI=1S/C34H32ClF6N9O3/c1-31(2,3)16-33(20-6-4-18(12-22(20)36)23-14-43-10-11-44-23)28(51)49(29(42)47-33)25(15-53-30(52)48-32(8-9-32)34(39,40)41)19-5-7-21(35)24(13-19)50-27(26(37)38)45-17-46-50/h4-7,10-14,17,25-26H,8-9,15-16H2,1-3H3,(H2,42,47)(H,48,52)/t25-,33-/m1/s1. The summed E-state index contributed by atoms with van der Waals surface area (Å²) in [5.41, 5.74) is -4.55. The average molecular weight is 764 g/mol. The van der Waals surface area contributed by atoms with Crippen LogP contribution in [-0.2, 0) is 15.1 Å². The predicted octanol–water partition coefficient (Wildman–Crippen LogP) is 7.01. The molecule has 1 aliphatic heterocycles. The molecule has 4 aromatic rings. The number of nitrogens with one attached hydrogen (secondary N) is 3. The van der Waals surface area contributed by atoms with Gasteiger partial charge in [-0.3, -0.25) is 25.1 Å². The molecule has 2 aromatic carbocycles. The largest absolute Gasteiger partial charge is 0.447 e. The molecule has 0 spiro atoms. The van der Waals surface area contributed by atoms with Gasteiger partial charge < -0.3 is 15.4 Å². The molecule has 0 unspecified atom stereocenters. The van der Waals surface area contributed by atoms with Crippen LogP contribution in [0, 0.1) is 16.6 Å². The van der Waals surface area contributed by atoms with E-state index in [-0.39, 0.29) is 41.1 Å². The van der Waals surface area contributed by atoms with Gasteiger partial charge in [0.05, 0.1) is 28.6 Å². The van der Waals surface area contributed by atoms with Crippen molar-refractivity contribution in [1.29, 1.82) is 5.41 Å². The second kappa shape index (κ2) is 13.6. The van der Waals surface area contributed by atoms with E-state index in [1.165, 1.54) is 55.0 Å². The molecule has 1 saturated carbocycles. The number of rotatable bonds is 10. The lowest BCUT2D eigenvalue weighted by molar-refractivity contribution is -0.164. The van der Waals surface area contributed by atoms with E-state index < -0.39 is 71.3 Å². The maximum atomic E-state index is 16.2. The number of alkyl halides is 5. The minimum absolute atomic E-state index is 0.0507. The second-order valence-electron chi connectivity index (χ2n) is 13.9. The van der Waals surface area contributed by atoms with Gasteiger partial charge in [0.15, 0.2) is 11.8 Å². The summed E-state index contributed by atoms with van der Waals surface area (Å²) in [7, 11) is 0. The maximum Gasteiger partial charge on any atom is 0.411 e. The minimum Gasteiger partial charge on any atom is -0.447 e. The Bertz CT molecular complexity index is 2050. The van der Waals surface area contributed by atoms with Gasteiger partial charge in [-0.05, 0) is 48.4 Å². The lowest BCUT2D eigenvalue weighted by Gasteiger charge is -2.35. The number of halogens is 7. The monoisotopic (exact) mass is 763 g/mol. The number of guanidine groups is 1. The molecular weight excluding hydrogens is 732 g/mol. The van der Waals surface area contributed by atoms with Crippen molar-refractivity contribution in [2.75, 3.05) is 6.61 Å². The van der Waals surface area contributed by atoms with Gasteiger partial charge in [0.1, 0.15) is 29.8 Å². The number of carbonyl (C=O) groups excluding carboxylic acids is 2. The highest BCUT2D eigenvalue weighted by Crippen LogP contribution is 2.49. The van der Waals surface area contributed by atoms with E-state index in [4.69, 9.17) is 21.7 Å². The minimum atomic E-state index is -4.76. The summed E-state index contributed by atoms with van der Waals surface area (Å²) in [5.74, 6) is -3.02. The number of hydrogen-bond donors (Lipinski definition) is 3. The summed E-state index contributed by atoms with van der Waals surface area (Å²) >= 11 is 6.39. The third kappa shape index (κ3) is 7.23. The van der Waals surface area contributed by atoms with Gasteiger partial charge in [-0.25, -0.2) is 27.6 Å². The topological polar surface area (TPSA) is 151 Å². The average Bonchev–Trinajstić information content (AvgIpc) is 3.63. The van der Waals surface area contributed by atoms with Gasteiger partial charge in [0.25, 0.3) is 12.3 Å². The van der Waals surface area contributed by atoms with Crippen LogP contribution in [0.25, 0.3) is 16.9 Å². The van der Waals surface area contributed by atoms with Crippen molar-refractivity contribution in [1.82, 2.24) is 40.3 Å². The zero-order valence-corrected chi connectivity index (χ0v) is 29.1. The van der Waals surface area contributed by atoms with Crippen molar-refractivity contribution in [3.05, 3.63) is 89.1 Å². The smallest absolute Gasteiger partial charge is 0.411 e. The summed E-state index contributed by atoms with van der Waals surface area (Å²) in [5, 5.41) is 17.5. The summed E-state index contributed by atoms with van der Waals surface area (Å²) in [4.78, 5) is 40.3. The Balaban J connectivity index is 1.43. The fraction of sp³-hybridized carbons (Fsp3) is 0.382. The number of hydrogen-bond acceptors (Lipinski definition) is 8. The molecule has 0 radical (unpaired) electrons. The zero-order chi connectivity index (χ0) is 38.5. The number of nitrogens with zero attached hydrogens (tertiary/aromatic N) is 6. The number of amides is 2. The van der Waals surface area contributed by atoms with Crippen molar-refractivity contribution < 1.29 is 40.7 Å². The normalized spacial score (nSPS) is 19.0. The third-order valence-corrected chi connectivity index (χ3v) is 9.23. The highest BCUT2D eigenvalue weighted by molar-refractivity contribution is 6.32. The highest BCUT2D eigenvalue weighted by Gasteiger charge is 2.65. The van der Waals surface area contributed by atoms with Crippen molar-refractivity contribution >= 4 is 29.6 Å². The molecule has 280 valence electrons. The molecule has 2 atom stereocenters. The second-order valence-corrected chi connectivity index (χ2v) is 14.3. The van der Waals surface area contributed by atoms with Crippen LogP contribution in [0.4, 0.5) is 31.1 Å². The van der Waals surface area contributed by atoms with Crippen molar-refractivity contribution in [2.24, 2.45) is 5.41 Å². The summed E-state index contributed by atoms with van der Waals surface area (Å²) in [6.45, 7) is 4.57. The Hall–Kier alpha value is -5.26. The third-order valence-electron chi connectivity index (χ3n) is 8.91. The van der Waals surface area contributed by atoms with Crippen LogP contribution in [0.1, 0.15) is 69.5 Å². The summed E-state index contributed by atoms with van der Waals surface area (Å²) in [6.07, 6.45) is -4.90. The van der Waals surface area contributed by atoms with E-state index in [9.17, 15) is 31.5 Å². The molecule has 2 amide bonds. The molecule has 6 rings (SSSR count). The summed E-state index contributed by atoms with van der Waals surface area (Å²) in [6, 6.07) is 6.50.